The second kappa shape index (κ2) is 5.07. The predicted molar refractivity (Wildman–Crippen MR) is 51.8 cm³/mol. The minimum absolute atomic E-state index is 0.0504. The summed E-state index contributed by atoms with van der Waals surface area (Å²) in [6.07, 6.45) is -1.11. The van der Waals surface area contributed by atoms with Crippen molar-refractivity contribution in [3.63, 3.8) is 0 Å². The summed E-state index contributed by atoms with van der Waals surface area (Å²) in [5.41, 5.74) is 0. The minimum atomic E-state index is -0.955. The van der Waals surface area contributed by atoms with Crippen molar-refractivity contribution in [1.29, 1.82) is 0 Å². The first-order chi connectivity index (χ1) is 6.54. The Kier molecular flexibility index (Phi) is 4.31. The number of ether oxygens (including phenoxy) is 1. The molecule has 0 amide bonds. The number of rotatable bonds is 3. The third-order valence-corrected chi connectivity index (χ3v) is 2.56. The topological polar surface area (TPSA) is 69.9 Å². The number of hydrogen-bond donors (Lipinski definition) is 3. The fourth-order valence-corrected chi connectivity index (χ4v) is 1.87. The third-order valence-electron chi connectivity index (χ3n) is 2.56. The van der Waals surface area contributed by atoms with E-state index >= 15 is 0 Å². The van der Waals surface area contributed by atoms with Crippen molar-refractivity contribution in [2.24, 2.45) is 5.92 Å². The van der Waals surface area contributed by atoms with Gasteiger partial charge in [0.15, 0.2) is 0 Å². The van der Waals surface area contributed by atoms with E-state index in [1.54, 1.807) is 0 Å². The summed E-state index contributed by atoms with van der Waals surface area (Å²) in [6, 6.07) is 0. The van der Waals surface area contributed by atoms with Crippen LogP contribution >= 0.6 is 0 Å². The first-order valence-electron chi connectivity index (χ1n) is 5.17. The Bertz CT molecular complexity index is 172. The summed E-state index contributed by atoms with van der Waals surface area (Å²) in [5.74, 6) is 0.488. The van der Waals surface area contributed by atoms with Crippen molar-refractivity contribution in [3.8, 4) is 0 Å². The Labute approximate surface area is 84.5 Å². The molecule has 1 aliphatic heterocycles. The van der Waals surface area contributed by atoms with E-state index in [9.17, 15) is 10.2 Å². The van der Waals surface area contributed by atoms with Gasteiger partial charge in [-0.25, -0.2) is 0 Å². The van der Waals surface area contributed by atoms with Crippen LogP contribution in [0.25, 0.3) is 0 Å². The maximum atomic E-state index is 9.52. The fraction of sp³-hybridized carbons (Fsp3) is 1.00. The van der Waals surface area contributed by atoms with E-state index in [0.29, 0.717) is 12.3 Å². The molecule has 4 heteroatoms. The summed E-state index contributed by atoms with van der Waals surface area (Å²) in [6.45, 7) is 3.91. The van der Waals surface area contributed by atoms with Gasteiger partial charge in [0.1, 0.15) is 12.2 Å². The number of aliphatic hydroxyl groups is 3. The van der Waals surface area contributed by atoms with Gasteiger partial charge in [-0.3, -0.25) is 0 Å². The van der Waals surface area contributed by atoms with Crippen molar-refractivity contribution in [3.05, 3.63) is 0 Å². The predicted octanol–water partition coefficient (Wildman–Crippen LogP) is -0.0959. The molecule has 0 aromatic carbocycles. The maximum Gasteiger partial charge on any atom is 0.109 e. The van der Waals surface area contributed by atoms with Gasteiger partial charge in [-0.2, -0.15) is 0 Å². The number of aliphatic hydroxyl groups excluding tert-OH is 3. The molecular formula is C10H20O4. The zero-order chi connectivity index (χ0) is 10.7. The highest BCUT2D eigenvalue weighted by Gasteiger charge is 2.36. The van der Waals surface area contributed by atoms with E-state index < -0.39 is 18.3 Å². The molecule has 1 rings (SSSR count). The molecule has 1 heterocycles. The molecule has 0 bridgehead atoms. The van der Waals surface area contributed by atoms with E-state index in [1.165, 1.54) is 0 Å². The molecule has 3 N–H and O–H groups in total. The molecule has 0 aromatic heterocycles. The van der Waals surface area contributed by atoms with Crippen molar-refractivity contribution >= 4 is 0 Å². The zero-order valence-corrected chi connectivity index (χ0v) is 8.76. The van der Waals surface area contributed by atoms with Gasteiger partial charge >= 0.3 is 0 Å². The second-order valence-corrected chi connectivity index (χ2v) is 4.40. The summed E-state index contributed by atoms with van der Waals surface area (Å²) in [5, 5.41) is 27.9. The van der Waals surface area contributed by atoms with E-state index in [0.717, 1.165) is 6.42 Å². The molecule has 84 valence electrons. The van der Waals surface area contributed by atoms with Gasteiger partial charge in [0.05, 0.1) is 18.8 Å². The lowest BCUT2D eigenvalue weighted by atomic mass is 9.93. The van der Waals surface area contributed by atoms with Crippen molar-refractivity contribution in [2.45, 2.75) is 51.1 Å². The quantitative estimate of drug-likeness (QED) is 0.600. The van der Waals surface area contributed by atoms with Gasteiger partial charge in [-0.1, -0.05) is 13.8 Å². The highest BCUT2D eigenvalue weighted by Crippen LogP contribution is 2.24. The van der Waals surface area contributed by atoms with Gasteiger partial charge in [-0.05, 0) is 12.3 Å². The van der Waals surface area contributed by atoms with E-state index in [-0.39, 0.29) is 12.7 Å². The molecule has 0 aliphatic carbocycles. The smallest absolute Gasteiger partial charge is 0.109 e. The first kappa shape index (κ1) is 11.9. The fourth-order valence-electron chi connectivity index (χ4n) is 1.87. The first-order valence-corrected chi connectivity index (χ1v) is 5.17. The molecule has 0 radical (unpaired) electrons. The maximum absolute atomic E-state index is 9.52. The zero-order valence-electron chi connectivity index (χ0n) is 8.76. The lowest BCUT2D eigenvalue weighted by molar-refractivity contribution is -0.182. The van der Waals surface area contributed by atoms with Gasteiger partial charge in [0.2, 0.25) is 0 Å². The molecule has 1 fully saturated rings. The second-order valence-electron chi connectivity index (χ2n) is 4.40. The minimum Gasteiger partial charge on any atom is -0.394 e. The van der Waals surface area contributed by atoms with Crippen LogP contribution in [0, 0.1) is 5.92 Å². The Hall–Kier alpha value is -0.160. The van der Waals surface area contributed by atoms with Gasteiger partial charge < -0.3 is 20.1 Å². The molecule has 0 saturated carbocycles. The molecule has 0 spiro atoms. The van der Waals surface area contributed by atoms with Crippen molar-refractivity contribution < 1.29 is 20.1 Å². The molecule has 4 unspecified atom stereocenters. The molecule has 1 saturated heterocycles. The SMILES string of the molecule is CC(C)CC1CC(O)C(O)C(CO)O1. The van der Waals surface area contributed by atoms with Gasteiger partial charge in [0, 0.05) is 6.42 Å². The van der Waals surface area contributed by atoms with Crippen LogP contribution in [0.1, 0.15) is 26.7 Å². The molecule has 0 aromatic rings. The van der Waals surface area contributed by atoms with Crippen LogP contribution < -0.4 is 0 Å². The Morgan fingerprint density at radius 3 is 2.50 bits per heavy atom. The molecule has 14 heavy (non-hydrogen) atoms. The van der Waals surface area contributed by atoms with Crippen molar-refractivity contribution in [2.75, 3.05) is 6.61 Å². The van der Waals surface area contributed by atoms with Gasteiger partial charge in [-0.15, -0.1) is 0 Å². The van der Waals surface area contributed by atoms with Crippen LogP contribution in [0.5, 0.6) is 0 Å². The van der Waals surface area contributed by atoms with Crippen LogP contribution in [0.3, 0.4) is 0 Å². The highest BCUT2D eigenvalue weighted by molar-refractivity contribution is 4.85. The highest BCUT2D eigenvalue weighted by atomic mass is 16.5. The molecule has 4 nitrogen and oxygen atoms in total. The standard InChI is InChI=1S/C10H20O4/c1-6(2)3-7-4-8(12)10(13)9(5-11)14-7/h6-13H,3-5H2,1-2H3. The normalized spacial score (nSPS) is 39.0. The van der Waals surface area contributed by atoms with Crippen LogP contribution in [-0.2, 0) is 4.74 Å². The monoisotopic (exact) mass is 204 g/mol. The van der Waals surface area contributed by atoms with Gasteiger partial charge in [0.25, 0.3) is 0 Å². The average molecular weight is 204 g/mol. The summed E-state index contributed by atoms with van der Waals surface area (Å²) in [4.78, 5) is 0. The lowest BCUT2D eigenvalue weighted by Gasteiger charge is -2.37. The Morgan fingerprint density at radius 2 is 2.00 bits per heavy atom. The molecule has 1 aliphatic rings. The van der Waals surface area contributed by atoms with Crippen LogP contribution in [0.15, 0.2) is 0 Å². The Morgan fingerprint density at radius 1 is 1.36 bits per heavy atom. The third kappa shape index (κ3) is 2.92. The molecule has 4 atom stereocenters. The summed E-state index contributed by atoms with van der Waals surface area (Å²) < 4.78 is 5.47. The van der Waals surface area contributed by atoms with Crippen LogP contribution in [0.2, 0.25) is 0 Å². The number of hydrogen-bond acceptors (Lipinski definition) is 4. The summed E-state index contributed by atoms with van der Waals surface area (Å²) >= 11 is 0. The Balaban J connectivity index is 2.49. The van der Waals surface area contributed by atoms with E-state index in [4.69, 9.17) is 9.84 Å². The summed E-state index contributed by atoms with van der Waals surface area (Å²) in [7, 11) is 0. The lowest BCUT2D eigenvalue weighted by Crippen LogP contribution is -2.50. The molecular weight excluding hydrogens is 184 g/mol. The van der Waals surface area contributed by atoms with E-state index in [1.807, 2.05) is 0 Å². The van der Waals surface area contributed by atoms with Crippen molar-refractivity contribution in [1.82, 2.24) is 0 Å². The van der Waals surface area contributed by atoms with Crippen LogP contribution in [-0.4, -0.2) is 46.3 Å². The van der Waals surface area contributed by atoms with Crippen LogP contribution in [0.4, 0.5) is 0 Å². The van der Waals surface area contributed by atoms with E-state index in [2.05, 4.69) is 13.8 Å². The average Bonchev–Trinajstić information content (AvgIpc) is 2.10. The largest absolute Gasteiger partial charge is 0.394 e.